The molecule has 7 heteroatoms. The Labute approximate surface area is 175 Å². The van der Waals surface area contributed by atoms with Crippen molar-refractivity contribution in [3.8, 4) is 0 Å². The number of allylic oxidation sites excluding steroid dienone is 1. The Balaban J connectivity index is 0. The number of benzene rings is 2. The van der Waals surface area contributed by atoms with Crippen LogP contribution in [0.5, 0.6) is 0 Å². The van der Waals surface area contributed by atoms with E-state index in [-0.39, 0.29) is 0 Å². The van der Waals surface area contributed by atoms with Crippen molar-refractivity contribution in [3.63, 3.8) is 0 Å². The van der Waals surface area contributed by atoms with Crippen LogP contribution in [0.1, 0.15) is 36.4 Å². The molecule has 0 amide bonds. The van der Waals surface area contributed by atoms with Crippen LogP contribution in [0.2, 0.25) is 0 Å². The molecule has 0 fully saturated rings. The molecule has 6 nitrogen and oxygen atoms in total. The number of rotatable bonds is 3. The molecule has 151 valence electrons. The van der Waals surface area contributed by atoms with E-state index in [1.54, 1.807) is 0 Å². The molecular formula is C21H22O6Rh. The Hall–Kier alpha value is -2.79. The third kappa shape index (κ3) is 23.2. The van der Waals surface area contributed by atoms with E-state index < -0.39 is 17.9 Å². The van der Waals surface area contributed by atoms with Crippen LogP contribution in [-0.4, -0.2) is 17.9 Å². The number of aliphatic carboxylic acids is 3. The van der Waals surface area contributed by atoms with E-state index >= 15 is 0 Å². The van der Waals surface area contributed by atoms with E-state index in [0.29, 0.717) is 4.51 Å². The Morgan fingerprint density at radius 3 is 1.43 bits per heavy atom. The van der Waals surface area contributed by atoms with Gasteiger partial charge in [-0.05, 0) is 20.8 Å². The van der Waals surface area contributed by atoms with E-state index in [0.717, 1.165) is 20.8 Å². The molecule has 0 aliphatic heterocycles. The summed E-state index contributed by atoms with van der Waals surface area (Å²) in [5.41, 5.74) is 2.54. The van der Waals surface area contributed by atoms with Crippen molar-refractivity contribution < 1.29 is 48.0 Å². The normalized spacial score (nSPS) is 9.96. The molecule has 28 heavy (non-hydrogen) atoms. The van der Waals surface area contributed by atoms with Gasteiger partial charge in [-0.2, -0.15) is 0 Å². The van der Waals surface area contributed by atoms with Gasteiger partial charge in [-0.25, -0.2) is 0 Å². The molecule has 0 spiro atoms. The summed E-state index contributed by atoms with van der Waals surface area (Å²) in [7, 11) is 0. The average Bonchev–Trinajstić information content (AvgIpc) is 2.60. The molecule has 0 saturated heterocycles. The van der Waals surface area contributed by atoms with Crippen molar-refractivity contribution in [1.82, 2.24) is 0 Å². The van der Waals surface area contributed by atoms with Gasteiger partial charge >= 0.3 is 107 Å². The van der Waals surface area contributed by atoms with E-state index in [1.807, 2.05) is 12.1 Å². The molecule has 2 aromatic carbocycles. The summed E-state index contributed by atoms with van der Waals surface area (Å²) in [5.74, 6) is -3.25. The molecule has 0 saturated carbocycles. The zero-order valence-electron chi connectivity index (χ0n) is 15.8. The minimum absolute atomic E-state index is 0.350. The van der Waals surface area contributed by atoms with Crippen LogP contribution < -0.4 is 15.3 Å². The van der Waals surface area contributed by atoms with Gasteiger partial charge in [-0.15, -0.1) is 0 Å². The molecule has 0 radical (unpaired) electrons. The first-order valence-corrected chi connectivity index (χ1v) is 8.93. The summed E-state index contributed by atoms with van der Waals surface area (Å²) in [6.07, 6.45) is 4.34. The third-order valence-corrected chi connectivity index (χ3v) is 3.21. The molecule has 0 heterocycles. The minimum atomic E-state index is -1.08. The maximum atomic E-state index is 8.89. The standard InChI is InChI=1S/C15H13.3C2H4O2.Rh/c1-3-8-14(9-4-1)12-7-13-15-10-5-2-6-11-15;3*1-2(3)4;/h1-13H;3*1H3,(H,3,4);/q;;;;+3/p-3. The van der Waals surface area contributed by atoms with Gasteiger partial charge in [0.2, 0.25) is 0 Å². The van der Waals surface area contributed by atoms with E-state index in [2.05, 4.69) is 79.0 Å². The van der Waals surface area contributed by atoms with Crippen molar-refractivity contribution in [2.45, 2.75) is 25.3 Å². The fourth-order valence-corrected chi connectivity index (χ4v) is 1.97. The first-order valence-electron chi connectivity index (χ1n) is 7.98. The van der Waals surface area contributed by atoms with Crippen LogP contribution >= 0.6 is 0 Å². The van der Waals surface area contributed by atoms with Gasteiger partial charge in [-0.3, -0.25) is 0 Å². The summed E-state index contributed by atoms with van der Waals surface area (Å²) in [4.78, 5) is 26.7. The van der Waals surface area contributed by atoms with Gasteiger partial charge in [-0.1, -0.05) is 0 Å². The molecule has 0 aliphatic rings. The number of carbonyl (C=O) groups excluding carboxylic acids is 3. The Bertz CT molecular complexity index is 674. The molecule has 1 unspecified atom stereocenters. The number of carbonyl (C=O) groups is 3. The number of carboxylic acid groups (broad SMARTS) is 3. The molecular weight excluding hydrogens is 451 g/mol. The van der Waals surface area contributed by atoms with Crippen molar-refractivity contribution >= 4 is 24.0 Å². The maximum absolute atomic E-state index is 8.89. The summed E-state index contributed by atoms with van der Waals surface area (Å²) >= 11 is 3.06. The zero-order valence-corrected chi connectivity index (χ0v) is 17.4. The number of hydrogen-bond donors (Lipinski definition) is 0. The topological polar surface area (TPSA) is 120 Å². The van der Waals surface area contributed by atoms with Crippen LogP contribution in [0.3, 0.4) is 0 Å². The monoisotopic (exact) mass is 473 g/mol. The van der Waals surface area contributed by atoms with Crippen molar-refractivity contribution in [2.75, 3.05) is 0 Å². The molecule has 2 rings (SSSR count). The van der Waals surface area contributed by atoms with Gasteiger partial charge in [0.25, 0.3) is 0 Å². The second kappa shape index (κ2) is 17.6. The van der Waals surface area contributed by atoms with Gasteiger partial charge in [0, 0.05) is 17.9 Å². The molecule has 1 atom stereocenters. The van der Waals surface area contributed by atoms with Crippen LogP contribution in [-0.2, 0) is 32.7 Å². The van der Waals surface area contributed by atoms with Gasteiger partial charge in [0.1, 0.15) is 0 Å². The van der Waals surface area contributed by atoms with Crippen LogP contribution in [0, 0.1) is 0 Å². The zero-order chi connectivity index (χ0) is 21.9. The summed E-state index contributed by atoms with van der Waals surface area (Å²) in [6, 6.07) is 20.8. The first kappa shape index (κ1) is 27.4. The Kier molecular flexibility index (Phi) is 17.3. The van der Waals surface area contributed by atoms with Gasteiger partial charge < -0.3 is 29.7 Å². The fourth-order valence-electron chi connectivity index (χ4n) is 1.49. The second-order valence-corrected chi connectivity index (χ2v) is 6.05. The molecule has 0 aliphatic carbocycles. The van der Waals surface area contributed by atoms with Crippen LogP contribution in [0.4, 0.5) is 0 Å². The van der Waals surface area contributed by atoms with Crippen LogP contribution in [0.25, 0.3) is 6.08 Å². The third-order valence-electron chi connectivity index (χ3n) is 2.35. The van der Waals surface area contributed by atoms with Gasteiger partial charge in [0.15, 0.2) is 0 Å². The Morgan fingerprint density at radius 2 is 1.07 bits per heavy atom. The summed E-state index contributed by atoms with van der Waals surface area (Å²) in [6.45, 7) is 2.92. The Morgan fingerprint density at radius 1 is 0.750 bits per heavy atom. The summed E-state index contributed by atoms with van der Waals surface area (Å²) in [5, 5.41) is 26.7. The number of hydrogen-bond acceptors (Lipinski definition) is 6. The van der Waals surface area contributed by atoms with Crippen molar-refractivity contribution in [1.29, 1.82) is 0 Å². The van der Waals surface area contributed by atoms with Crippen molar-refractivity contribution in [3.05, 3.63) is 77.9 Å². The van der Waals surface area contributed by atoms with E-state index in [1.165, 1.54) is 11.1 Å². The van der Waals surface area contributed by atoms with Crippen molar-refractivity contribution in [2.24, 2.45) is 0 Å². The van der Waals surface area contributed by atoms with E-state index in [9.17, 15) is 0 Å². The van der Waals surface area contributed by atoms with Gasteiger partial charge in [0.05, 0.1) is 0 Å². The second-order valence-electron chi connectivity index (χ2n) is 5.03. The first-order chi connectivity index (χ1) is 13.1. The SMILES string of the molecule is CC(=O)[O-].CC(=O)[O-].CC(=O)[O-].[Rh+3][CH](C=Cc1ccccc1)c1ccccc1. The molecule has 0 bridgehead atoms. The predicted octanol–water partition coefficient (Wildman–Crippen LogP) is 0.257. The number of carboxylic acids is 3. The predicted molar refractivity (Wildman–Crippen MR) is 96.7 cm³/mol. The average molecular weight is 473 g/mol. The molecule has 0 aromatic heterocycles. The fraction of sp³-hybridized carbons (Fsp3) is 0.190. The van der Waals surface area contributed by atoms with E-state index in [4.69, 9.17) is 29.7 Å². The van der Waals surface area contributed by atoms with Crippen LogP contribution in [0.15, 0.2) is 66.7 Å². The molecule has 0 N–H and O–H groups in total. The summed E-state index contributed by atoms with van der Waals surface area (Å²) < 4.78 is 0.350. The quantitative estimate of drug-likeness (QED) is 0.590. The molecule has 2 aromatic rings.